The van der Waals surface area contributed by atoms with Gasteiger partial charge in [0.25, 0.3) is 5.91 Å². The van der Waals surface area contributed by atoms with E-state index in [0.717, 1.165) is 0 Å². The minimum atomic E-state index is -0.278. The monoisotopic (exact) mass is 277 g/mol. The molecule has 1 rings (SSSR count). The van der Waals surface area contributed by atoms with Crippen LogP contribution in [0.15, 0.2) is 24.5 Å². The summed E-state index contributed by atoms with van der Waals surface area (Å²) in [6, 6.07) is 3.48. The largest absolute Gasteiger partial charge is 0.343 e. The van der Waals surface area contributed by atoms with E-state index in [1.54, 1.807) is 23.2 Å². The molecule has 0 aliphatic rings. The van der Waals surface area contributed by atoms with Gasteiger partial charge in [0.15, 0.2) is 0 Å². The van der Waals surface area contributed by atoms with Gasteiger partial charge in [-0.15, -0.1) is 0 Å². The lowest BCUT2D eigenvalue weighted by Crippen LogP contribution is -2.45. The number of rotatable bonds is 6. The Labute approximate surface area is 120 Å². The number of carbonyl (C=O) groups excluding carboxylic acids is 2. The number of nitrogens with zero attached hydrogens (tertiary/aromatic N) is 2. The third-order valence-corrected chi connectivity index (χ3v) is 2.83. The van der Waals surface area contributed by atoms with E-state index < -0.39 is 0 Å². The molecule has 0 saturated carbocycles. The Morgan fingerprint density at radius 3 is 2.50 bits per heavy atom. The van der Waals surface area contributed by atoms with E-state index in [-0.39, 0.29) is 24.4 Å². The molecule has 20 heavy (non-hydrogen) atoms. The van der Waals surface area contributed by atoms with Crippen LogP contribution < -0.4 is 5.32 Å². The predicted octanol–water partition coefficient (Wildman–Crippen LogP) is 1.70. The average molecular weight is 277 g/mol. The van der Waals surface area contributed by atoms with Crippen molar-refractivity contribution in [2.45, 2.75) is 33.7 Å². The number of aromatic nitrogens is 1. The van der Waals surface area contributed by atoms with Gasteiger partial charge in [0.05, 0.1) is 12.1 Å². The van der Waals surface area contributed by atoms with Gasteiger partial charge in [-0.05, 0) is 31.9 Å². The molecule has 0 bridgehead atoms. The number of hydrogen-bond donors (Lipinski definition) is 1. The predicted molar refractivity (Wildman–Crippen MR) is 78.3 cm³/mol. The van der Waals surface area contributed by atoms with Gasteiger partial charge < -0.3 is 10.2 Å². The van der Waals surface area contributed by atoms with Gasteiger partial charge in [0.2, 0.25) is 5.91 Å². The molecule has 0 atom stereocenters. The molecule has 1 heterocycles. The first-order valence-electron chi connectivity index (χ1n) is 6.89. The highest BCUT2D eigenvalue weighted by Crippen LogP contribution is 2.04. The summed E-state index contributed by atoms with van der Waals surface area (Å²) in [6.07, 6.45) is 3.08. The molecule has 5 heteroatoms. The van der Waals surface area contributed by atoms with Crippen molar-refractivity contribution in [1.29, 1.82) is 0 Å². The SMILES string of the molecule is CC(C)CN(C(=O)CNC(=O)c1cccnc1)C(C)C. The van der Waals surface area contributed by atoms with Gasteiger partial charge in [-0.2, -0.15) is 0 Å². The van der Waals surface area contributed by atoms with E-state index in [2.05, 4.69) is 24.1 Å². The van der Waals surface area contributed by atoms with Crippen LogP contribution in [0.1, 0.15) is 38.1 Å². The van der Waals surface area contributed by atoms with Crippen LogP contribution in [0.4, 0.5) is 0 Å². The van der Waals surface area contributed by atoms with E-state index >= 15 is 0 Å². The molecule has 0 fully saturated rings. The Hall–Kier alpha value is -1.91. The fourth-order valence-corrected chi connectivity index (χ4v) is 1.85. The molecule has 0 saturated heterocycles. The lowest BCUT2D eigenvalue weighted by atomic mass is 10.1. The van der Waals surface area contributed by atoms with E-state index in [4.69, 9.17) is 0 Å². The molecule has 0 spiro atoms. The van der Waals surface area contributed by atoms with Crippen molar-refractivity contribution in [3.63, 3.8) is 0 Å². The fourth-order valence-electron chi connectivity index (χ4n) is 1.85. The van der Waals surface area contributed by atoms with Crippen LogP contribution in [0.2, 0.25) is 0 Å². The molecule has 0 radical (unpaired) electrons. The van der Waals surface area contributed by atoms with Gasteiger partial charge in [0.1, 0.15) is 0 Å². The van der Waals surface area contributed by atoms with Gasteiger partial charge in [-0.25, -0.2) is 0 Å². The molecule has 5 nitrogen and oxygen atoms in total. The van der Waals surface area contributed by atoms with Crippen molar-refractivity contribution in [3.05, 3.63) is 30.1 Å². The van der Waals surface area contributed by atoms with Crippen LogP contribution in [0.3, 0.4) is 0 Å². The Balaban J connectivity index is 2.55. The van der Waals surface area contributed by atoms with Crippen molar-refractivity contribution in [1.82, 2.24) is 15.2 Å². The smallest absolute Gasteiger partial charge is 0.253 e. The summed E-state index contributed by atoms with van der Waals surface area (Å²) in [5.41, 5.74) is 0.459. The Morgan fingerprint density at radius 2 is 2.00 bits per heavy atom. The number of nitrogens with one attached hydrogen (secondary N) is 1. The first-order chi connectivity index (χ1) is 9.41. The van der Waals surface area contributed by atoms with Crippen molar-refractivity contribution >= 4 is 11.8 Å². The standard InChI is InChI=1S/C15H23N3O2/c1-11(2)10-18(12(3)4)14(19)9-17-15(20)13-6-5-7-16-8-13/h5-8,11-12H,9-10H2,1-4H3,(H,17,20). The Morgan fingerprint density at radius 1 is 1.30 bits per heavy atom. The summed E-state index contributed by atoms with van der Waals surface area (Å²) in [5, 5.41) is 2.64. The molecule has 1 aromatic rings. The number of carbonyl (C=O) groups is 2. The van der Waals surface area contributed by atoms with E-state index in [1.165, 1.54) is 6.20 Å². The van der Waals surface area contributed by atoms with Gasteiger partial charge in [0, 0.05) is 25.0 Å². The minimum Gasteiger partial charge on any atom is -0.343 e. The molecule has 0 aromatic carbocycles. The summed E-state index contributed by atoms with van der Waals surface area (Å²) >= 11 is 0. The maximum absolute atomic E-state index is 12.2. The van der Waals surface area contributed by atoms with Crippen LogP contribution in [-0.4, -0.2) is 40.8 Å². The van der Waals surface area contributed by atoms with Crippen LogP contribution in [0.5, 0.6) is 0 Å². The van der Waals surface area contributed by atoms with Crippen LogP contribution in [0.25, 0.3) is 0 Å². The maximum atomic E-state index is 12.2. The lowest BCUT2D eigenvalue weighted by Gasteiger charge is -2.28. The number of pyridine rings is 1. The van der Waals surface area contributed by atoms with Crippen LogP contribution >= 0.6 is 0 Å². The number of hydrogen-bond acceptors (Lipinski definition) is 3. The zero-order chi connectivity index (χ0) is 15.1. The second kappa shape index (κ2) is 7.62. The number of amides is 2. The zero-order valence-electron chi connectivity index (χ0n) is 12.6. The maximum Gasteiger partial charge on any atom is 0.253 e. The van der Waals surface area contributed by atoms with Gasteiger partial charge >= 0.3 is 0 Å². The summed E-state index contributed by atoms with van der Waals surface area (Å²) < 4.78 is 0. The highest BCUT2D eigenvalue weighted by atomic mass is 16.2. The Kier molecular flexibility index (Phi) is 6.15. The van der Waals surface area contributed by atoms with Gasteiger partial charge in [-0.1, -0.05) is 13.8 Å². The minimum absolute atomic E-state index is 0.0125. The summed E-state index contributed by atoms with van der Waals surface area (Å²) in [4.78, 5) is 29.7. The van der Waals surface area contributed by atoms with Crippen LogP contribution in [-0.2, 0) is 4.79 Å². The molecule has 0 aliphatic carbocycles. The van der Waals surface area contributed by atoms with Crippen molar-refractivity contribution < 1.29 is 9.59 Å². The molecule has 2 amide bonds. The molecule has 0 aliphatic heterocycles. The first-order valence-corrected chi connectivity index (χ1v) is 6.89. The fraction of sp³-hybridized carbons (Fsp3) is 0.533. The second-order valence-corrected chi connectivity index (χ2v) is 5.46. The van der Waals surface area contributed by atoms with E-state index in [0.29, 0.717) is 18.0 Å². The molecule has 0 unspecified atom stereocenters. The molecular weight excluding hydrogens is 254 g/mol. The highest BCUT2D eigenvalue weighted by molar-refractivity contribution is 5.96. The lowest BCUT2D eigenvalue weighted by molar-refractivity contribution is -0.132. The second-order valence-electron chi connectivity index (χ2n) is 5.46. The third-order valence-electron chi connectivity index (χ3n) is 2.83. The third kappa shape index (κ3) is 4.99. The molecular formula is C15H23N3O2. The van der Waals surface area contributed by atoms with Crippen molar-refractivity contribution in [3.8, 4) is 0 Å². The summed E-state index contributed by atoms with van der Waals surface area (Å²) in [7, 11) is 0. The average Bonchev–Trinajstić information content (AvgIpc) is 2.42. The summed E-state index contributed by atoms with van der Waals surface area (Å²) in [6.45, 7) is 8.79. The van der Waals surface area contributed by atoms with Crippen molar-refractivity contribution in [2.75, 3.05) is 13.1 Å². The van der Waals surface area contributed by atoms with E-state index in [1.807, 2.05) is 13.8 Å². The highest BCUT2D eigenvalue weighted by Gasteiger charge is 2.18. The first kappa shape index (κ1) is 16.1. The molecule has 1 N–H and O–H groups in total. The summed E-state index contributed by atoms with van der Waals surface area (Å²) in [5.74, 6) is 0.0565. The Bertz CT molecular complexity index is 444. The quantitative estimate of drug-likeness (QED) is 0.861. The van der Waals surface area contributed by atoms with E-state index in [9.17, 15) is 9.59 Å². The molecule has 110 valence electrons. The topological polar surface area (TPSA) is 62.3 Å². The van der Waals surface area contributed by atoms with Crippen LogP contribution in [0, 0.1) is 5.92 Å². The zero-order valence-corrected chi connectivity index (χ0v) is 12.6. The van der Waals surface area contributed by atoms with Crippen molar-refractivity contribution in [2.24, 2.45) is 5.92 Å². The normalized spacial score (nSPS) is 10.7. The molecule has 1 aromatic heterocycles. The van der Waals surface area contributed by atoms with Gasteiger partial charge in [-0.3, -0.25) is 14.6 Å².